The van der Waals surface area contributed by atoms with Crippen LogP contribution >= 0.6 is 11.6 Å². The van der Waals surface area contributed by atoms with Crippen LogP contribution in [0.3, 0.4) is 0 Å². The molecule has 2 rings (SSSR count). The van der Waals surface area contributed by atoms with E-state index in [4.69, 9.17) is 11.6 Å². The highest BCUT2D eigenvalue weighted by Gasteiger charge is 2.31. The number of hydrogen-bond acceptors (Lipinski definition) is 5. The number of nitrogens with one attached hydrogen (secondary N) is 2. The molecule has 0 aliphatic heterocycles. The maximum atomic E-state index is 12.8. The molecule has 0 aliphatic rings. The van der Waals surface area contributed by atoms with Gasteiger partial charge in [-0.2, -0.15) is 13.2 Å². The third-order valence-corrected chi connectivity index (χ3v) is 7.49. The van der Waals surface area contributed by atoms with Crippen LogP contribution in [0.5, 0.6) is 0 Å². The van der Waals surface area contributed by atoms with Gasteiger partial charge >= 0.3 is 6.18 Å². The molecule has 1 amide bonds. The molecule has 0 atom stereocenters. The fraction of sp³-hybridized carbons (Fsp3) is 0.278. The minimum Gasteiger partial charge on any atom is -0.351 e. The first kappa shape index (κ1) is 25.0. The van der Waals surface area contributed by atoms with Crippen LogP contribution in [0, 0.1) is 0 Å². The van der Waals surface area contributed by atoms with Gasteiger partial charge in [0.1, 0.15) is 0 Å². The van der Waals surface area contributed by atoms with Gasteiger partial charge in [0.15, 0.2) is 9.84 Å². The molecule has 0 spiro atoms. The molecule has 170 valence electrons. The molecule has 2 aromatic carbocycles. The number of sulfone groups is 1. The number of carbonyl (C=O) groups excluding carboxylic acids is 1. The molecule has 2 aromatic rings. The largest absolute Gasteiger partial charge is 0.416 e. The minimum atomic E-state index is -4.65. The number of carbonyl (C=O) groups is 1. The molecule has 0 fully saturated rings. The first-order chi connectivity index (χ1) is 14.2. The average Bonchev–Trinajstić information content (AvgIpc) is 2.67. The third kappa shape index (κ3) is 6.84. The molecule has 7 nitrogen and oxygen atoms in total. The lowest BCUT2D eigenvalue weighted by molar-refractivity contribution is -0.137. The first-order valence-electron chi connectivity index (χ1n) is 8.73. The second kappa shape index (κ2) is 9.45. The van der Waals surface area contributed by atoms with Gasteiger partial charge in [-0.15, -0.1) is 0 Å². The van der Waals surface area contributed by atoms with E-state index < -0.39 is 42.4 Å². The number of hydrogen-bond donors (Lipinski definition) is 2. The Hall–Kier alpha value is -2.31. The zero-order valence-electron chi connectivity index (χ0n) is 16.0. The van der Waals surface area contributed by atoms with E-state index in [-0.39, 0.29) is 34.3 Å². The summed E-state index contributed by atoms with van der Waals surface area (Å²) in [5.74, 6) is -1.20. The summed E-state index contributed by atoms with van der Waals surface area (Å²) in [6.45, 7) is 1.25. The molecular weight excluding hydrogens is 481 g/mol. The Bertz CT molecular complexity index is 1180. The topological polar surface area (TPSA) is 109 Å². The minimum absolute atomic E-state index is 0.0890. The highest BCUT2D eigenvalue weighted by molar-refractivity contribution is 7.92. The fourth-order valence-electron chi connectivity index (χ4n) is 2.38. The summed E-state index contributed by atoms with van der Waals surface area (Å²) in [4.78, 5) is 11.9. The molecule has 31 heavy (non-hydrogen) atoms. The molecule has 0 unspecified atom stereocenters. The number of alkyl halides is 3. The Balaban J connectivity index is 2.24. The normalized spacial score (nSPS) is 12.4. The van der Waals surface area contributed by atoms with Gasteiger partial charge in [-0.1, -0.05) is 24.6 Å². The van der Waals surface area contributed by atoms with E-state index in [0.717, 1.165) is 36.4 Å². The number of benzene rings is 2. The number of anilines is 1. The van der Waals surface area contributed by atoms with Gasteiger partial charge in [-0.05, 0) is 36.4 Å². The van der Waals surface area contributed by atoms with E-state index in [2.05, 4.69) is 5.32 Å². The van der Waals surface area contributed by atoms with Gasteiger partial charge < -0.3 is 5.32 Å². The third-order valence-electron chi connectivity index (χ3n) is 4.07. The number of rotatable bonds is 8. The van der Waals surface area contributed by atoms with Crippen molar-refractivity contribution in [3.05, 3.63) is 58.6 Å². The lowest BCUT2D eigenvalue weighted by Gasteiger charge is -2.13. The van der Waals surface area contributed by atoms with Crippen molar-refractivity contribution in [2.45, 2.75) is 18.0 Å². The molecule has 0 heterocycles. The summed E-state index contributed by atoms with van der Waals surface area (Å²) < 4.78 is 88.7. The summed E-state index contributed by atoms with van der Waals surface area (Å²) in [6, 6.07) is 6.78. The van der Waals surface area contributed by atoms with Crippen molar-refractivity contribution in [1.82, 2.24) is 5.32 Å². The van der Waals surface area contributed by atoms with Crippen LogP contribution in [0.1, 0.15) is 22.8 Å². The Labute approximate surface area is 182 Å². The van der Waals surface area contributed by atoms with Gasteiger partial charge in [0.25, 0.3) is 15.9 Å². The summed E-state index contributed by atoms with van der Waals surface area (Å²) in [6.07, 6.45) is -4.65. The van der Waals surface area contributed by atoms with Crippen molar-refractivity contribution >= 4 is 43.1 Å². The summed E-state index contributed by atoms with van der Waals surface area (Å²) in [5.41, 5.74) is -1.59. The predicted molar refractivity (Wildman–Crippen MR) is 110 cm³/mol. The summed E-state index contributed by atoms with van der Waals surface area (Å²) in [7, 11) is -7.67. The van der Waals surface area contributed by atoms with Crippen LogP contribution in [0.2, 0.25) is 5.02 Å². The number of sulfonamides is 1. The lowest BCUT2D eigenvalue weighted by Crippen LogP contribution is -2.30. The molecule has 0 radical (unpaired) electrons. The van der Waals surface area contributed by atoms with Crippen molar-refractivity contribution in [2.24, 2.45) is 0 Å². The maximum absolute atomic E-state index is 12.8. The monoisotopic (exact) mass is 498 g/mol. The molecule has 0 saturated heterocycles. The second-order valence-electron chi connectivity index (χ2n) is 6.32. The molecule has 0 aliphatic carbocycles. The molecule has 0 bridgehead atoms. The van der Waals surface area contributed by atoms with Crippen molar-refractivity contribution in [2.75, 3.05) is 22.8 Å². The Morgan fingerprint density at radius 2 is 1.74 bits per heavy atom. The quantitative estimate of drug-likeness (QED) is 0.580. The SMILES string of the molecule is CCS(=O)(=O)CCNC(=O)c1cc(S(=O)(=O)Nc2cccc(C(F)(F)F)c2)ccc1Cl. The zero-order chi connectivity index (χ0) is 23.4. The average molecular weight is 499 g/mol. The smallest absolute Gasteiger partial charge is 0.351 e. The number of amides is 1. The summed E-state index contributed by atoms with van der Waals surface area (Å²) in [5, 5.41) is 2.25. The van der Waals surface area contributed by atoms with Crippen LogP contribution in [0.4, 0.5) is 18.9 Å². The van der Waals surface area contributed by atoms with Gasteiger partial charge in [0.05, 0.1) is 26.8 Å². The second-order valence-corrected chi connectivity index (χ2v) is 10.9. The van der Waals surface area contributed by atoms with Crippen molar-refractivity contribution in [1.29, 1.82) is 0 Å². The van der Waals surface area contributed by atoms with Gasteiger partial charge in [-0.3, -0.25) is 9.52 Å². The molecule has 13 heteroatoms. The van der Waals surface area contributed by atoms with Gasteiger partial charge in [0, 0.05) is 18.0 Å². The van der Waals surface area contributed by atoms with Crippen molar-refractivity contribution in [3.63, 3.8) is 0 Å². The molecule has 2 N–H and O–H groups in total. The summed E-state index contributed by atoms with van der Waals surface area (Å²) >= 11 is 5.95. The van der Waals surface area contributed by atoms with E-state index in [1.165, 1.54) is 6.92 Å². The highest BCUT2D eigenvalue weighted by Crippen LogP contribution is 2.31. The highest BCUT2D eigenvalue weighted by atomic mass is 35.5. The zero-order valence-corrected chi connectivity index (χ0v) is 18.4. The van der Waals surface area contributed by atoms with E-state index in [1.54, 1.807) is 0 Å². The van der Waals surface area contributed by atoms with Crippen LogP contribution in [-0.4, -0.2) is 40.8 Å². The van der Waals surface area contributed by atoms with Gasteiger partial charge in [0.2, 0.25) is 0 Å². The molecule has 0 aromatic heterocycles. The molecule has 0 saturated carbocycles. The Morgan fingerprint density at radius 1 is 1.06 bits per heavy atom. The van der Waals surface area contributed by atoms with Crippen LogP contribution < -0.4 is 10.0 Å². The van der Waals surface area contributed by atoms with E-state index in [1.807, 2.05) is 4.72 Å². The van der Waals surface area contributed by atoms with Crippen LogP contribution in [-0.2, 0) is 26.0 Å². The molecular formula is C18H18ClF3N2O5S2. The predicted octanol–water partition coefficient (Wildman–Crippen LogP) is 3.32. The van der Waals surface area contributed by atoms with Crippen LogP contribution in [0.25, 0.3) is 0 Å². The van der Waals surface area contributed by atoms with Crippen molar-refractivity contribution in [3.8, 4) is 0 Å². The lowest BCUT2D eigenvalue weighted by atomic mass is 10.2. The maximum Gasteiger partial charge on any atom is 0.416 e. The Morgan fingerprint density at radius 3 is 2.35 bits per heavy atom. The van der Waals surface area contributed by atoms with E-state index >= 15 is 0 Å². The Kier molecular flexibility index (Phi) is 7.61. The van der Waals surface area contributed by atoms with E-state index in [9.17, 15) is 34.8 Å². The van der Waals surface area contributed by atoms with Crippen LogP contribution in [0.15, 0.2) is 47.4 Å². The first-order valence-corrected chi connectivity index (χ1v) is 12.4. The number of halogens is 4. The fourth-order valence-corrected chi connectivity index (χ4v) is 4.36. The standard InChI is InChI=1S/C18H18ClF3N2O5S2/c1-2-30(26,27)9-8-23-17(25)15-11-14(6-7-16(15)19)31(28,29)24-13-5-3-4-12(10-13)18(20,21)22/h3-7,10-11,24H,2,8-9H2,1H3,(H,23,25). The van der Waals surface area contributed by atoms with Crippen molar-refractivity contribution < 1.29 is 34.8 Å². The van der Waals surface area contributed by atoms with Gasteiger partial charge in [-0.25, -0.2) is 16.8 Å². The van der Waals surface area contributed by atoms with E-state index in [0.29, 0.717) is 6.07 Å².